The monoisotopic (exact) mass is 176 g/mol. The summed E-state index contributed by atoms with van der Waals surface area (Å²) in [7, 11) is -4.67. The van der Waals surface area contributed by atoms with Crippen molar-refractivity contribution in [1.82, 2.24) is 0 Å². The predicted octanol–water partition coefficient (Wildman–Crippen LogP) is -0.123. The van der Waals surface area contributed by atoms with E-state index in [2.05, 4.69) is 0 Å². The van der Waals surface area contributed by atoms with Crippen molar-refractivity contribution in [2.24, 2.45) is 0 Å². The van der Waals surface area contributed by atoms with Crippen molar-refractivity contribution >= 4 is 29.3 Å². The topological polar surface area (TPSA) is 74.6 Å². The molecule has 0 fully saturated rings. The maximum absolute atomic E-state index is 9.67. The van der Waals surface area contributed by atoms with Gasteiger partial charge in [0, 0.05) is 0 Å². The fraction of sp³-hybridized carbons (Fsp3) is 1.00. The summed E-state index contributed by atoms with van der Waals surface area (Å²) in [6.07, 6.45) is 0. The Balaban J connectivity index is -0.0000000910. The van der Waals surface area contributed by atoms with Crippen LogP contribution in [0.4, 0.5) is 13.2 Å². The molecule has 0 aromatic rings. The van der Waals surface area contributed by atoms with Gasteiger partial charge in [0.25, 0.3) is 0 Å². The van der Waals surface area contributed by atoms with Gasteiger partial charge in [-0.25, -0.2) is 0 Å². The molecule has 0 saturated heterocycles. The fourth-order valence-electron chi connectivity index (χ4n) is 0. The Kier molecular flexibility index (Phi) is 12.3. The van der Waals surface area contributed by atoms with Crippen molar-refractivity contribution in [1.29, 1.82) is 0 Å². The molecule has 4 nitrogen and oxygen atoms in total. The second-order valence-electron chi connectivity index (χ2n) is 0.695. The van der Waals surface area contributed by atoms with Gasteiger partial charge in [0.2, 0.25) is 0 Å². The van der Waals surface area contributed by atoms with E-state index in [1.54, 1.807) is 0 Å². The number of halogens is 3. The van der Waals surface area contributed by atoms with E-state index in [1.807, 2.05) is 0 Å². The van der Waals surface area contributed by atoms with Gasteiger partial charge in [-0.3, -0.25) is 9.11 Å². The van der Waals surface area contributed by atoms with E-state index in [0.717, 1.165) is 0 Å². The first-order chi connectivity index (χ1) is 3.73. The van der Waals surface area contributed by atoms with Gasteiger partial charge in [-0.1, -0.05) is 0 Å². The van der Waals surface area contributed by atoms with E-state index >= 15 is 0 Å². The zero-order valence-corrected chi connectivity index (χ0v) is 4.65. The normalized spacial score (nSPS) is 9.40. The number of alkyl halides is 3. The predicted molar refractivity (Wildman–Crippen MR) is 28.4 cm³/mol. The molecule has 0 aliphatic rings. The number of rotatable bonds is 0. The van der Waals surface area contributed by atoms with Gasteiger partial charge in [0.1, 0.15) is 0 Å². The number of hydrogen-bond acceptors (Lipinski definition) is 2. The quantitative estimate of drug-likeness (QED) is 0.398. The van der Waals surface area contributed by atoms with E-state index in [-0.39, 0.29) is 18.9 Å². The van der Waals surface area contributed by atoms with Crippen molar-refractivity contribution in [3.63, 3.8) is 0 Å². The molecule has 0 unspecified atom stereocenters. The van der Waals surface area contributed by atoms with Crippen molar-refractivity contribution in [2.45, 2.75) is 6.68 Å². The van der Waals surface area contributed by atoms with Crippen LogP contribution in [0, 0.1) is 0 Å². The summed E-state index contributed by atoms with van der Waals surface area (Å²) in [5, 5.41) is 0. The summed E-state index contributed by atoms with van der Waals surface area (Å²) in [5.74, 6) is 0. The van der Waals surface area contributed by atoms with Crippen molar-refractivity contribution < 1.29 is 30.7 Å². The van der Waals surface area contributed by atoms with Crippen molar-refractivity contribution in [3.8, 4) is 0 Å². The van der Waals surface area contributed by atoms with Gasteiger partial charge in [0.15, 0.2) is 0 Å². The van der Waals surface area contributed by atoms with Gasteiger partial charge in [-0.2, -0.15) is 21.6 Å². The third kappa shape index (κ3) is 6560. The van der Waals surface area contributed by atoms with Gasteiger partial charge in [-0.15, -0.1) is 0 Å². The molecule has 0 aromatic heterocycles. The zero-order valence-electron chi connectivity index (χ0n) is 3.83. The Hall–Kier alpha value is 0.257. The average molecular weight is 176 g/mol. The van der Waals surface area contributed by atoms with Crippen LogP contribution in [0.15, 0.2) is 0 Å². The first-order valence-corrected chi connectivity index (χ1v) is 2.75. The van der Waals surface area contributed by atoms with Crippen LogP contribution in [-0.2, 0) is 10.4 Å². The van der Waals surface area contributed by atoms with Crippen LogP contribution in [0.2, 0.25) is 0 Å². The standard InChI is InChI=1S/CHF3.Li.H2O4S.H/c2-1(3)4;;1-5(2,3)4;/h1H;;(H2,1,2,3,4);. The molecular formula is CH4F3LiO4S. The summed E-state index contributed by atoms with van der Waals surface area (Å²) in [4.78, 5) is 0. The van der Waals surface area contributed by atoms with Crippen LogP contribution in [-0.4, -0.2) is 43.1 Å². The van der Waals surface area contributed by atoms with E-state index in [4.69, 9.17) is 17.5 Å². The van der Waals surface area contributed by atoms with E-state index in [9.17, 15) is 13.2 Å². The van der Waals surface area contributed by atoms with E-state index in [0.29, 0.717) is 0 Å². The van der Waals surface area contributed by atoms with E-state index < -0.39 is 17.1 Å². The van der Waals surface area contributed by atoms with Crippen LogP contribution in [0.3, 0.4) is 0 Å². The van der Waals surface area contributed by atoms with Crippen LogP contribution in [0.25, 0.3) is 0 Å². The Bertz CT molecular complexity index is 132. The second-order valence-corrected chi connectivity index (χ2v) is 1.59. The second kappa shape index (κ2) is 7.37. The van der Waals surface area contributed by atoms with Crippen LogP contribution in [0.1, 0.15) is 0 Å². The molecule has 0 aromatic carbocycles. The molecule has 60 valence electrons. The summed E-state index contributed by atoms with van der Waals surface area (Å²) >= 11 is 0. The molecule has 0 bridgehead atoms. The van der Waals surface area contributed by atoms with Crippen LogP contribution < -0.4 is 0 Å². The average Bonchev–Trinajstić information content (AvgIpc) is 1.19. The van der Waals surface area contributed by atoms with Gasteiger partial charge >= 0.3 is 35.9 Å². The Morgan fingerprint density at radius 2 is 1.10 bits per heavy atom. The fourth-order valence-corrected chi connectivity index (χ4v) is 0. The molecular weight excluding hydrogens is 172 g/mol. The molecule has 0 spiro atoms. The maximum atomic E-state index is 9.67. The summed E-state index contributed by atoms with van der Waals surface area (Å²) in [6.45, 7) is -3.67. The molecule has 2 N–H and O–H groups in total. The third-order valence-corrected chi connectivity index (χ3v) is 0. The van der Waals surface area contributed by atoms with Gasteiger partial charge in [0.05, 0.1) is 0 Å². The molecule has 0 rings (SSSR count). The molecule has 0 atom stereocenters. The molecule has 0 heterocycles. The van der Waals surface area contributed by atoms with Crippen molar-refractivity contribution in [2.75, 3.05) is 0 Å². The Morgan fingerprint density at radius 1 is 1.10 bits per heavy atom. The molecule has 10 heavy (non-hydrogen) atoms. The molecule has 0 aliphatic heterocycles. The van der Waals surface area contributed by atoms with Crippen LogP contribution in [0.5, 0.6) is 0 Å². The SMILES string of the molecule is FC(F)F.O=S(=O)(O)O.[LiH]. The molecule has 0 aliphatic carbocycles. The minimum atomic E-state index is -4.67. The summed E-state index contributed by atoms with van der Waals surface area (Å²) in [5.41, 5.74) is 0. The first kappa shape index (κ1) is 16.7. The van der Waals surface area contributed by atoms with Crippen molar-refractivity contribution in [3.05, 3.63) is 0 Å². The molecule has 0 saturated carbocycles. The minimum absolute atomic E-state index is 0. The van der Waals surface area contributed by atoms with E-state index in [1.165, 1.54) is 0 Å². The van der Waals surface area contributed by atoms with Gasteiger partial charge in [-0.05, 0) is 0 Å². The number of hydrogen-bond donors (Lipinski definition) is 2. The summed E-state index contributed by atoms with van der Waals surface area (Å²) in [6, 6.07) is 0. The Morgan fingerprint density at radius 3 is 1.10 bits per heavy atom. The Labute approximate surface area is 67.2 Å². The molecule has 9 heteroatoms. The van der Waals surface area contributed by atoms with Gasteiger partial charge < -0.3 is 0 Å². The summed E-state index contributed by atoms with van der Waals surface area (Å²) < 4.78 is 60.6. The zero-order chi connectivity index (χ0) is 8.08. The molecule has 0 radical (unpaired) electrons. The molecule has 0 amide bonds. The third-order valence-electron chi connectivity index (χ3n) is 0. The van der Waals surface area contributed by atoms with Crippen LogP contribution >= 0.6 is 0 Å². The first-order valence-electron chi connectivity index (χ1n) is 1.35.